The average molecular weight is 208 g/mol. The third-order valence-corrected chi connectivity index (χ3v) is 2.82. The number of nitrogens with two attached hydrogens (primary N) is 1. The number of hydrogen-bond donors (Lipinski definition) is 1. The van der Waals surface area contributed by atoms with Crippen LogP contribution < -0.4 is 5.73 Å². The van der Waals surface area contributed by atoms with E-state index < -0.39 is 12.5 Å². The largest absolute Gasteiger partial charge is 0.383 e. The second-order valence-corrected chi connectivity index (χ2v) is 4.07. The molecule has 1 saturated carbocycles. The maximum Gasteiger partial charge on any atom is 0.272 e. The number of ether oxygens (including phenoxy) is 1. The minimum atomic E-state index is -2.79. The fourth-order valence-corrected chi connectivity index (χ4v) is 1.63. The van der Waals surface area contributed by atoms with E-state index in [2.05, 4.69) is 0 Å². The van der Waals surface area contributed by atoms with Crippen molar-refractivity contribution in [1.82, 2.24) is 4.90 Å². The number of halogens is 2. The SMILES string of the molecule is COCC1(N(C)CC(F)(F)CN)CC1. The van der Waals surface area contributed by atoms with Crippen LogP contribution in [0.15, 0.2) is 0 Å². The number of likely N-dealkylation sites (N-methyl/N-ethyl adjacent to an activating group) is 1. The van der Waals surface area contributed by atoms with Gasteiger partial charge in [-0.05, 0) is 19.9 Å². The highest BCUT2D eigenvalue weighted by Gasteiger charge is 2.48. The van der Waals surface area contributed by atoms with Crippen molar-refractivity contribution in [1.29, 1.82) is 0 Å². The van der Waals surface area contributed by atoms with Crippen molar-refractivity contribution >= 4 is 0 Å². The zero-order chi connectivity index (χ0) is 10.8. The topological polar surface area (TPSA) is 38.5 Å². The predicted octanol–water partition coefficient (Wildman–Crippen LogP) is 0.691. The molecular weight excluding hydrogens is 190 g/mol. The lowest BCUT2D eigenvalue weighted by atomic mass is 10.2. The van der Waals surface area contributed by atoms with Gasteiger partial charge in [-0.3, -0.25) is 4.90 Å². The smallest absolute Gasteiger partial charge is 0.272 e. The highest BCUT2D eigenvalue weighted by molar-refractivity contribution is 5.03. The first-order valence-corrected chi connectivity index (χ1v) is 4.74. The van der Waals surface area contributed by atoms with Gasteiger partial charge in [0.25, 0.3) is 5.92 Å². The molecule has 0 aliphatic heterocycles. The molecule has 84 valence electrons. The van der Waals surface area contributed by atoms with E-state index in [9.17, 15) is 8.78 Å². The maximum absolute atomic E-state index is 13.0. The molecule has 0 atom stereocenters. The summed E-state index contributed by atoms with van der Waals surface area (Å²) in [6.45, 7) is -0.364. The van der Waals surface area contributed by atoms with E-state index in [0.717, 1.165) is 12.8 Å². The highest BCUT2D eigenvalue weighted by atomic mass is 19.3. The molecule has 5 heteroatoms. The first-order chi connectivity index (χ1) is 6.46. The molecule has 1 fully saturated rings. The van der Waals surface area contributed by atoms with Crippen molar-refractivity contribution < 1.29 is 13.5 Å². The van der Waals surface area contributed by atoms with Crippen LogP contribution in [-0.2, 0) is 4.74 Å². The Bertz CT molecular complexity index is 195. The van der Waals surface area contributed by atoms with Gasteiger partial charge in [0.2, 0.25) is 0 Å². The molecular formula is C9H18F2N2O. The third kappa shape index (κ3) is 2.62. The number of nitrogens with zero attached hydrogens (tertiary/aromatic N) is 1. The van der Waals surface area contributed by atoms with Crippen LogP contribution in [0.25, 0.3) is 0 Å². The van der Waals surface area contributed by atoms with Gasteiger partial charge >= 0.3 is 0 Å². The van der Waals surface area contributed by atoms with Crippen LogP contribution in [0.5, 0.6) is 0 Å². The Hall–Kier alpha value is -0.260. The highest BCUT2D eigenvalue weighted by Crippen LogP contribution is 2.41. The van der Waals surface area contributed by atoms with Crippen molar-refractivity contribution in [2.24, 2.45) is 5.73 Å². The van der Waals surface area contributed by atoms with E-state index in [4.69, 9.17) is 10.5 Å². The summed E-state index contributed by atoms with van der Waals surface area (Å²) in [7, 11) is 3.30. The molecule has 3 nitrogen and oxygen atoms in total. The number of methoxy groups -OCH3 is 1. The third-order valence-electron chi connectivity index (χ3n) is 2.82. The summed E-state index contributed by atoms with van der Waals surface area (Å²) in [4.78, 5) is 1.67. The van der Waals surface area contributed by atoms with Crippen LogP contribution in [-0.4, -0.2) is 50.2 Å². The van der Waals surface area contributed by atoms with E-state index in [1.165, 1.54) is 0 Å². The first kappa shape index (κ1) is 11.8. The molecule has 0 amide bonds. The minimum absolute atomic E-state index is 0.159. The molecule has 0 heterocycles. The molecule has 1 aliphatic carbocycles. The van der Waals surface area contributed by atoms with Crippen LogP contribution >= 0.6 is 0 Å². The molecule has 0 aromatic heterocycles. The number of rotatable bonds is 6. The van der Waals surface area contributed by atoms with Gasteiger partial charge in [0.05, 0.1) is 19.7 Å². The molecule has 0 spiro atoms. The molecule has 1 aliphatic rings. The Morgan fingerprint density at radius 2 is 2.07 bits per heavy atom. The van der Waals surface area contributed by atoms with Gasteiger partial charge in [0, 0.05) is 12.6 Å². The zero-order valence-electron chi connectivity index (χ0n) is 8.72. The van der Waals surface area contributed by atoms with Gasteiger partial charge in [-0.2, -0.15) is 0 Å². The van der Waals surface area contributed by atoms with Crippen LogP contribution in [0, 0.1) is 0 Å². The van der Waals surface area contributed by atoms with E-state index in [-0.39, 0.29) is 12.1 Å². The lowest BCUT2D eigenvalue weighted by Gasteiger charge is -2.30. The molecule has 0 aromatic rings. The maximum atomic E-state index is 13.0. The fraction of sp³-hybridized carbons (Fsp3) is 1.00. The van der Waals surface area contributed by atoms with Crippen molar-refractivity contribution in [2.45, 2.75) is 24.3 Å². The fourth-order valence-electron chi connectivity index (χ4n) is 1.63. The predicted molar refractivity (Wildman–Crippen MR) is 50.5 cm³/mol. The molecule has 0 unspecified atom stereocenters. The molecule has 0 saturated heterocycles. The Balaban J connectivity index is 2.45. The monoisotopic (exact) mass is 208 g/mol. The zero-order valence-corrected chi connectivity index (χ0v) is 8.72. The Morgan fingerprint density at radius 3 is 2.43 bits per heavy atom. The second kappa shape index (κ2) is 4.08. The Labute approximate surface area is 83.2 Å². The van der Waals surface area contributed by atoms with Crippen molar-refractivity contribution in [3.8, 4) is 0 Å². The minimum Gasteiger partial charge on any atom is -0.383 e. The summed E-state index contributed by atoms with van der Waals surface area (Å²) >= 11 is 0. The van der Waals surface area contributed by atoms with Gasteiger partial charge < -0.3 is 10.5 Å². The second-order valence-electron chi connectivity index (χ2n) is 4.07. The molecule has 0 bridgehead atoms. The van der Waals surface area contributed by atoms with Gasteiger partial charge in [-0.1, -0.05) is 0 Å². The van der Waals surface area contributed by atoms with Gasteiger partial charge in [0.1, 0.15) is 0 Å². The van der Waals surface area contributed by atoms with Crippen molar-refractivity contribution in [3.05, 3.63) is 0 Å². The van der Waals surface area contributed by atoms with E-state index in [1.807, 2.05) is 0 Å². The van der Waals surface area contributed by atoms with Crippen LogP contribution in [0.4, 0.5) is 8.78 Å². The van der Waals surface area contributed by atoms with Crippen molar-refractivity contribution in [3.63, 3.8) is 0 Å². The summed E-state index contributed by atoms with van der Waals surface area (Å²) in [5.74, 6) is -2.79. The van der Waals surface area contributed by atoms with E-state index >= 15 is 0 Å². The summed E-state index contributed by atoms with van der Waals surface area (Å²) in [6.07, 6.45) is 1.86. The van der Waals surface area contributed by atoms with Gasteiger partial charge in [-0.25, -0.2) is 8.78 Å². The number of alkyl halides is 2. The summed E-state index contributed by atoms with van der Waals surface area (Å²) in [5, 5.41) is 0. The molecule has 0 radical (unpaired) electrons. The number of hydrogen-bond acceptors (Lipinski definition) is 3. The molecule has 2 N–H and O–H groups in total. The quantitative estimate of drug-likeness (QED) is 0.698. The molecule has 0 aromatic carbocycles. The first-order valence-electron chi connectivity index (χ1n) is 4.74. The standard InChI is InChI=1S/C9H18F2N2O/c1-13(6-9(10,11)5-12)8(3-4-8)7-14-2/h3-7,12H2,1-2H3. The van der Waals surface area contributed by atoms with Crippen molar-refractivity contribution in [2.75, 3.05) is 33.9 Å². The Kier molecular flexibility index (Phi) is 3.44. The molecule has 1 rings (SSSR count). The Morgan fingerprint density at radius 1 is 1.50 bits per heavy atom. The lowest BCUT2D eigenvalue weighted by molar-refractivity contribution is -0.0395. The normalized spacial score (nSPS) is 20.1. The van der Waals surface area contributed by atoms with Crippen LogP contribution in [0.2, 0.25) is 0 Å². The van der Waals surface area contributed by atoms with Gasteiger partial charge in [-0.15, -0.1) is 0 Å². The van der Waals surface area contributed by atoms with Crippen LogP contribution in [0.1, 0.15) is 12.8 Å². The summed E-state index contributed by atoms with van der Waals surface area (Å²) in [5.41, 5.74) is 4.82. The lowest BCUT2D eigenvalue weighted by Crippen LogP contribution is -2.47. The van der Waals surface area contributed by atoms with E-state index in [1.54, 1.807) is 19.1 Å². The average Bonchev–Trinajstić information content (AvgIpc) is 2.86. The van der Waals surface area contributed by atoms with Gasteiger partial charge in [0.15, 0.2) is 0 Å². The summed E-state index contributed by atoms with van der Waals surface area (Å²) in [6, 6.07) is 0. The van der Waals surface area contributed by atoms with E-state index in [0.29, 0.717) is 6.61 Å². The molecule has 14 heavy (non-hydrogen) atoms. The van der Waals surface area contributed by atoms with Crippen LogP contribution in [0.3, 0.4) is 0 Å². The summed E-state index contributed by atoms with van der Waals surface area (Å²) < 4.78 is 31.0.